The summed E-state index contributed by atoms with van der Waals surface area (Å²) in [4.78, 5) is 0. The molecule has 7 heteroatoms. The zero-order chi connectivity index (χ0) is 33.4. The fourth-order valence-corrected chi connectivity index (χ4v) is 15.9. The number of para-hydroxylation sites is 1. The van der Waals surface area contributed by atoms with Crippen LogP contribution in [0.5, 0.6) is 0 Å². The molecule has 0 fully saturated rings. The minimum Gasteiger partial charge on any atom is -0.668 e. The van der Waals surface area contributed by atoms with Crippen LogP contribution in [0.1, 0.15) is 67.3 Å². The number of rotatable bonds is 9. The minimum absolute atomic E-state index is 0. The van der Waals surface area contributed by atoms with Crippen LogP contribution in [-0.2, 0) is 16.8 Å². The molecule has 0 N–H and O–H groups in total. The summed E-state index contributed by atoms with van der Waals surface area (Å²) in [6.45, 7) is 27.1. The molecule has 4 rings (SSSR count). The zero-order valence-corrected chi connectivity index (χ0v) is 34.1. The van der Waals surface area contributed by atoms with Gasteiger partial charge in [-0.3, -0.25) is 0 Å². The van der Waals surface area contributed by atoms with Crippen LogP contribution in [0.3, 0.4) is 0 Å². The van der Waals surface area contributed by atoms with Crippen molar-refractivity contribution in [2.24, 2.45) is 4.76 Å². The molecule has 0 bridgehead atoms. The average Bonchev–Trinajstić information content (AvgIpc) is 2.95. The maximum Gasteiger partial charge on any atom is 2.00 e. The van der Waals surface area contributed by atoms with Crippen LogP contribution < -0.4 is 10.6 Å². The predicted molar refractivity (Wildman–Crippen MR) is 211 cm³/mol. The van der Waals surface area contributed by atoms with E-state index in [9.17, 15) is 0 Å². The van der Waals surface area contributed by atoms with Gasteiger partial charge in [0.2, 0.25) is 0 Å². The molecule has 0 saturated carbocycles. The molecule has 0 aliphatic carbocycles. The molecule has 3 nitrogen and oxygen atoms in total. The van der Waals surface area contributed by atoms with Crippen LogP contribution in [0.2, 0.25) is 39.3 Å². The Bertz CT molecular complexity index is 1470. The summed E-state index contributed by atoms with van der Waals surface area (Å²) in [6, 6.07) is 34.4. The van der Waals surface area contributed by atoms with E-state index < -0.39 is 24.5 Å². The van der Waals surface area contributed by atoms with Gasteiger partial charge in [-0.2, -0.15) is 0 Å². The maximum atomic E-state index is 5.56. The Morgan fingerprint density at radius 3 is 1.37 bits per heavy atom. The van der Waals surface area contributed by atoms with E-state index in [2.05, 4.69) is 178 Å². The van der Waals surface area contributed by atoms with E-state index in [4.69, 9.17) is 14.7 Å². The van der Waals surface area contributed by atoms with Crippen molar-refractivity contribution in [3.05, 3.63) is 135 Å². The maximum absolute atomic E-state index is 5.56. The van der Waals surface area contributed by atoms with Gasteiger partial charge in [0.05, 0.1) is 8.07 Å². The fraction of sp³-hybridized carbons (Fsp3) is 0.359. The number of aryl methyl sites for hydroxylation is 2. The summed E-state index contributed by atoms with van der Waals surface area (Å²) in [5, 5.41) is 8.01. The molecule has 247 valence electrons. The molecule has 0 aliphatic rings. The van der Waals surface area contributed by atoms with E-state index in [0.717, 1.165) is 17.1 Å². The summed E-state index contributed by atoms with van der Waals surface area (Å²) < 4.78 is 10.4. The van der Waals surface area contributed by atoms with Crippen molar-refractivity contribution in [3.8, 4) is 0 Å². The van der Waals surface area contributed by atoms with Crippen LogP contribution in [-0.4, -0.2) is 22.3 Å². The van der Waals surface area contributed by atoms with E-state index >= 15 is 0 Å². The van der Waals surface area contributed by atoms with Crippen molar-refractivity contribution < 1.29 is 16.8 Å². The first-order valence-electron chi connectivity index (χ1n) is 16.3. The minimum atomic E-state index is -1.50. The molecule has 4 aromatic rings. The summed E-state index contributed by atoms with van der Waals surface area (Å²) in [7, 11) is -3.71. The Morgan fingerprint density at radius 2 is 1.00 bits per heavy atom. The van der Waals surface area contributed by atoms with Gasteiger partial charge in [0, 0.05) is 0 Å². The van der Waals surface area contributed by atoms with Crippen molar-refractivity contribution in [1.29, 1.82) is 0 Å². The molecule has 1 radical (unpaired) electrons. The first-order valence-corrected chi connectivity index (χ1v) is 24.6. The Morgan fingerprint density at radius 1 is 0.587 bits per heavy atom. The third-order valence-electron chi connectivity index (χ3n) is 7.28. The largest absolute Gasteiger partial charge is 2.00 e. The molecule has 0 heterocycles. The van der Waals surface area contributed by atoms with Crippen molar-refractivity contribution in [3.63, 3.8) is 0 Å². The first-order chi connectivity index (χ1) is 21.1. The molecule has 0 saturated heterocycles. The number of amidine groups is 1. The molecule has 4 aromatic carbocycles. The molecule has 0 amide bonds. The monoisotopic (exact) mass is 711 g/mol. The summed E-state index contributed by atoms with van der Waals surface area (Å²) >= 11 is 0. The normalized spacial score (nSPS) is 12.1. The topological polar surface area (TPSA) is 40.6 Å². The standard InChI is InChI=1S/C33H36N2P.C6H18NSi2.Co/c1-23(2)28-19-14-20-29(24(3)4)32(28)34-33(27-17-8-7-9-18-27)35-36(30-21-12-10-15-25(30)5)31-22-13-11-16-26(31)6;1-8(2,3)7-9(4,5)6;/h7-24H,1-6H3;1-6H3;/q2*-1;+2/p+1. The number of hydrogen-bond acceptors (Lipinski definition) is 1. The summed E-state index contributed by atoms with van der Waals surface area (Å²) in [5.74, 6) is 1.56. The van der Waals surface area contributed by atoms with Crippen molar-refractivity contribution >= 4 is 46.7 Å². The number of hydrogen-bond donors (Lipinski definition) is 0. The fourth-order valence-electron chi connectivity index (χ4n) is 5.54. The van der Waals surface area contributed by atoms with Crippen LogP contribution in [0, 0.1) is 13.8 Å². The van der Waals surface area contributed by atoms with Gasteiger partial charge in [-0.15, -0.1) is 0 Å². The van der Waals surface area contributed by atoms with E-state index in [0.29, 0.717) is 11.8 Å². The Hall–Kier alpha value is -2.32. The van der Waals surface area contributed by atoms with Crippen molar-refractivity contribution in [1.82, 2.24) is 0 Å². The van der Waals surface area contributed by atoms with Gasteiger partial charge in [0.1, 0.15) is 10.6 Å². The smallest absolute Gasteiger partial charge is 0.668 e. The zero-order valence-electron chi connectivity index (χ0n) is 30.1. The van der Waals surface area contributed by atoms with E-state index in [1.54, 1.807) is 0 Å². The molecule has 0 aromatic heterocycles. The van der Waals surface area contributed by atoms with Gasteiger partial charge >= 0.3 is 16.8 Å². The van der Waals surface area contributed by atoms with E-state index in [1.807, 2.05) is 0 Å². The van der Waals surface area contributed by atoms with E-state index in [-0.39, 0.29) is 16.8 Å². The molecule has 0 spiro atoms. The van der Waals surface area contributed by atoms with Crippen molar-refractivity contribution in [2.45, 2.75) is 92.7 Å². The Kier molecular flexibility index (Phi) is 15.4. The second kappa shape index (κ2) is 17.7. The van der Waals surface area contributed by atoms with Crippen LogP contribution in [0.25, 0.3) is 9.96 Å². The molecule has 0 unspecified atom stereocenters. The van der Waals surface area contributed by atoms with Crippen LogP contribution in [0.4, 0.5) is 5.69 Å². The first kappa shape index (κ1) is 39.9. The second-order valence-corrected chi connectivity index (χ2v) is 26.0. The molecule has 0 aliphatic heterocycles. The van der Waals surface area contributed by atoms with Crippen LogP contribution in [0.15, 0.2) is 102 Å². The van der Waals surface area contributed by atoms with Gasteiger partial charge in [0.15, 0.2) is 0 Å². The van der Waals surface area contributed by atoms with Gasteiger partial charge in [-0.1, -0.05) is 168 Å². The van der Waals surface area contributed by atoms with Gasteiger partial charge < -0.3 is 14.7 Å². The summed E-state index contributed by atoms with van der Waals surface area (Å²) in [5.41, 5.74) is 7.21. The number of nitrogens with zero attached hydrogens (tertiary/aromatic N) is 3. The SMILES string of the molecule is C[Si](C)(C)[N-][Si](C)(C)C.Cc1ccccc1[PH+](/N=C(\[N-]c1c(C(C)C)cccc1C(C)C)c1ccccc1)c1ccccc1C.[Co+2]. The van der Waals surface area contributed by atoms with Gasteiger partial charge in [0.25, 0.3) is 0 Å². The number of benzene rings is 4. The quantitative estimate of drug-likeness (QED) is 0.0718. The van der Waals surface area contributed by atoms with Gasteiger partial charge in [-0.25, -0.2) is 0 Å². The molecule has 0 atom stereocenters. The van der Waals surface area contributed by atoms with Crippen LogP contribution >= 0.6 is 8.07 Å². The van der Waals surface area contributed by atoms with E-state index in [1.165, 1.54) is 32.9 Å². The predicted octanol–water partition coefficient (Wildman–Crippen LogP) is 11.8. The van der Waals surface area contributed by atoms with Gasteiger partial charge in [-0.05, 0) is 77.2 Å². The van der Waals surface area contributed by atoms with Crippen molar-refractivity contribution in [2.75, 3.05) is 0 Å². The molecule has 46 heavy (non-hydrogen) atoms. The molecular formula is C39H55CoN3PSi2+. The Balaban J connectivity index is 0.000000645. The second-order valence-electron chi connectivity index (χ2n) is 14.4. The Labute approximate surface area is 294 Å². The third-order valence-corrected chi connectivity index (χ3v) is 15.2. The third kappa shape index (κ3) is 12.0. The summed E-state index contributed by atoms with van der Waals surface area (Å²) in [6.07, 6.45) is 0. The molecular weight excluding hydrogens is 657 g/mol. The average molecular weight is 712 g/mol.